The number of nitrogens with zero attached hydrogens (tertiary/aromatic N) is 2. The molecule has 0 bridgehead atoms. The van der Waals surface area contributed by atoms with E-state index in [9.17, 15) is 8.42 Å². The molecule has 0 radical (unpaired) electrons. The van der Waals surface area contributed by atoms with Gasteiger partial charge in [0.15, 0.2) is 9.84 Å². The predicted octanol–water partition coefficient (Wildman–Crippen LogP) is 6.63. The maximum Gasteiger partial charge on any atom is 0.261 e. The fourth-order valence-electron chi connectivity index (χ4n) is 6.70. The Morgan fingerprint density at radius 1 is 0.814 bits per heavy atom. The molecule has 2 aliphatic rings. The van der Waals surface area contributed by atoms with E-state index in [0.717, 1.165) is 41.2 Å². The Hall–Kier alpha value is -3.20. The molecule has 1 saturated carbocycles. The minimum absolute atomic E-state index is 0.0547. The van der Waals surface area contributed by atoms with E-state index in [-0.39, 0.29) is 28.2 Å². The molecule has 6 rings (SSSR count). The molecule has 0 amide bonds. The van der Waals surface area contributed by atoms with Crippen LogP contribution >= 0.6 is 0 Å². The highest BCUT2D eigenvalue weighted by molar-refractivity contribution is 7.90. The van der Waals surface area contributed by atoms with Crippen LogP contribution in [0.25, 0.3) is 0 Å². The van der Waals surface area contributed by atoms with Crippen LogP contribution in [0.4, 0.5) is 11.5 Å². The molecule has 1 aliphatic heterocycles. The Kier molecular flexibility index (Phi) is 7.46. The largest absolute Gasteiger partial charge is 0.404 e. The van der Waals surface area contributed by atoms with Crippen molar-refractivity contribution in [1.29, 1.82) is 0 Å². The van der Waals surface area contributed by atoms with E-state index in [1.807, 2.05) is 18.2 Å². The first-order valence-electron chi connectivity index (χ1n) is 15.2. The molecule has 0 unspecified atom stereocenters. The van der Waals surface area contributed by atoms with E-state index < -0.39 is 18.2 Å². The average molecular weight is 614 g/mol. The lowest BCUT2D eigenvalue weighted by Gasteiger charge is -2.48. The number of sulfone groups is 1. The third-order valence-corrected chi connectivity index (χ3v) is 15.5. The molecule has 4 aromatic rings. The van der Waals surface area contributed by atoms with Gasteiger partial charge in [0.2, 0.25) is 0 Å². The van der Waals surface area contributed by atoms with Crippen LogP contribution in [0.15, 0.2) is 84.9 Å². The standard InChI is InChI=1S/C35H43N3O3SSi/c1-34(2,3)38-33(36-28-18-17-25-23-42(39,40)24-27(25)19-28)22-32(37-38)26-20-29(21-26)41-43(35(4,5)6,30-13-9-7-10-14-30)31-15-11-8-12-16-31/h7-19,22,26,29,36H,20-21,23-24H2,1-6H3. The van der Waals surface area contributed by atoms with E-state index in [4.69, 9.17) is 9.52 Å². The fraction of sp³-hybridized carbons (Fsp3) is 0.400. The second-order valence-electron chi connectivity index (χ2n) is 14.2. The van der Waals surface area contributed by atoms with Crippen LogP contribution in [0.3, 0.4) is 0 Å². The van der Waals surface area contributed by atoms with Crippen LogP contribution in [0.1, 0.15) is 77.1 Å². The van der Waals surface area contributed by atoms with E-state index >= 15 is 0 Å². The van der Waals surface area contributed by atoms with Gasteiger partial charge in [0, 0.05) is 23.8 Å². The molecule has 6 nitrogen and oxygen atoms in total. The number of rotatable bonds is 7. The molecule has 1 N–H and O–H groups in total. The summed E-state index contributed by atoms with van der Waals surface area (Å²) in [4.78, 5) is 0. The van der Waals surface area contributed by atoms with Gasteiger partial charge < -0.3 is 9.74 Å². The zero-order chi connectivity index (χ0) is 30.6. The third kappa shape index (κ3) is 5.72. The topological polar surface area (TPSA) is 73.2 Å². The molecule has 0 spiro atoms. The van der Waals surface area contributed by atoms with Crippen LogP contribution < -0.4 is 15.7 Å². The fourth-order valence-corrected chi connectivity index (χ4v) is 13.0. The van der Waals surface area contributed by atoms with Crippen LogP contribution in [0.2, 0.25) is 5.04 Å². The highest BCUT2D eigenvalue weighted by Crippen LogP contribution is 2.45. The van der Waals surface area contributed by atoms with Crippen molar-refractivity contribution in [3.05, 3.63) is 102 Å². The quantitative estimate of drug-likeness (QED) is 0.237. The van der Waals surface area contributed by atoms with E-state index in [1.165, 1.54) is 10.4 Å². The van der Waals surface area contributed by atoms with Crippen molar-refractivity contribution in [1.82, 2.24) is 9.78 Å². The molecule has 1 aromatic heterocycles. The van der Waals surface area contributed by atoms with Gasteiger partial charge in [-0.1, -0.05) is 87.5 Å². The lowest BCUT2D eigenvalue weighted by molar-refractivity contribution is 0.0865. The summed E-state index contributed by atoms with van der Waals surface area (Å²) in [7, 11) is -5.65. The number of nitrogens with one attached hydrogen (secondary N) is 1. The zero-order valence-electron chi connectivity index (χ0n) is 26.1. The Bertz CT molecular complexity index is 1680. The smallest absolute Gasteiger partial charge is 0.261 e. The molecule has 1 fully saturated rings. The number of hydrogen-bond acceptors (Lipinski definition) is 5. The summed E-state index contributed by atoms with van der Waals surface area (Å²) >= 11 is 0. The second kappa shape index (κ2) is 10.8. The van der Waals surface area contributed by atoms with E-state index in [0.29, 0.717) is 5.92 Å². The molecule has 0 saturated heterocycles. The number of fused-ring (bicyclic) bond motifs is 1. The SMILES string of the molecule is CC(C)(C)n1nc(C2CC(O[Si](c3ccccc3)(c3ccccc3)C(C)(C)C)C2)cc1Nc1ccc2c(c1)CS(=O)(=O)C2. The maximum absolute atomic E-state index is 12.1. The molecular formula is C35H43N3O3SSi. The molecule has 2 heterocycles. The first-order valence-corrected chi connectivity index (χ1v) is 19.0. The van der Waals surface area contributed by atoms with Crippen LogP contribution in [-0.2, 0) is 31.3 Å². The number of hydrogen-bond donors (Lipinski definition) is 1. The molecule has 1 aliphatic carbocycles. The van der Waals surface area contributed by atoms with Crippen LogP contribution in [0, 0.1) is 0 Å². The summed E-state index contributed by atoms with van der Waals surface area (Å²) in [6, 6.07) is 29.7. The monoisotopic (exact) mass is 613 g/mol. The Balaban J connectivity index is 1.25. The van der Waals surface area contributed by atoms with Gasteiger partial charge in [-0.2, -0.15) is 5.10 Å². The summed E-state index contributed by atoms with van der Waals surface area (Å²) in [5.41, 5.74) is 3.51. The Morgan fingerprint density at radius 3 is 1.95 bits per heavy atom. The normalized spacial score (nSPS) is 20.0. The van der Waals surface area contributed by atoms with Gasteiger partial charge in [-0.3, -0.25) is 0 Å². The van der Waals surface area contributed by atoms with Gasteiger partial charge >= 0.3 is 0 Å². The second-order valence-corrected chi connectivity index (χ2v) is 20.6. The molecule has 226 valence electrons. The highest BCUT2D eigenvalue weighted by atomic mass is 32.2. The predicted molar refractivity (Wildman–Crippen MR) is 178 cm³/mol. The zero-order valence-corrected chi connectivity index (χ0v) is 27.9. The van der Waals surface area contributed by atoms with Crippen molar-refractivity contribution in [2.45, 2.75) is 88.5 Å². The maximum atomic E-state index is 12.1. The van der Waals surface area contributed by atoms with Crippen molar-refractivity contribution in [2.24, 2.45) is 0 Å². The average Bonchev–Trinajstić information content (AvgIpc) is 3.47. The van der Waals surface area contributed by atoms with Crippen LogP contribution in [-0.4, -0.2) is 32.6 Å². The molecular weight excluding hydrogens is 571 g/mol. The van der Waals surface area contributed by atoms with Gasteiger partial charge in [-0.15, -0.1) is 0 Å². The molecule has 8 heteroatoms. The third-order valence-electron chi connectivity index (χ3n) is 8.87. The summed E-state index contributed by atoms with van der Waals surface area (Å²) in [6.07, 6.45) is 2.02. The number of aromatic nitrogens is 2. The van der Waals surface area contributed by atoms with Gasteiger partial charge in [-0.05, 0) is 72.3 Å². The Labute approximate surface area is 257 Å². The highest BCUT2D eigenvalue weighted by Gasteiger charge is 2.53. The van der Waals surface area contributed by atoms with Crippen molar-refractivity contribution >= 4 is 40.0 Å². The minimum atomic E-state index is -3.05. The van der Waals surface area contributed by atoms with E-state index in [2.05, 4.69) is 118 Å². The van der Waals surface area contributed by atoms with Gasteiger partial charge in [0.1, 0.15) is 5.82 Å². The van der Waals surface area contributed by atoms with Gasteiger partial charge in [0.25, 0.3) is 8.32 Å². The van der Waals surface area contributed by atoms with Gasteiger partial charge in [-0.25, -0.2) is 13.1 Å². The lowest BCUT2D eigenvalue weighted by Crippen LogP contribution is -2.68. The van der Waals surface area contributed by atoms with Crippen LogP contribution in [0.5, 0.6) is 0 Å². The molecule has 43 heavy (non-hydrogen) atoms. The number of anilines is 2. The first kappa shape index (κ1) is 29.9. The summed E-state index contributed by atoms with van der Waals surface area (Å²) in [6.45, 7) is 13.4. The van der Waals surface area contributed by atoms with Crippen molar-refractivity contribution < 1.29 is 12.8 Å². The van der Waals surface area contributed by atoms with Crippen molar-refractivity contribution in [3.8, 4) is 0 Å². The van der Waals surface area contributed by atoms with E-state index in [1.54, 1.807) is 0 Å². The first-order chi connectivity index (χ1) is 20.2. The van der Waals surface area contributed by atoms with Gasteiger partial charge in [0.05, 0.1) is 22.7 Å². The summed E-state index contributed by atoms with van der Waals surface area (Å²) in [5, 5.41) is 11.2. The summed E-state index contributed by atoms with van der Waals surface area (Å²) in [5.74, 6) is 1.47. The number of benzene rings is 3. The van der Waals surface area contributed by atoms with Crippen molar-refractivity contribution in [2.75, 3.05) is 5.32 Å². The molecule has 0 atom stereocenters. The minimum Gasteiger partial charge on any atom is -0.404 e. The lowest BCUT2D eigenvalue weighted by atomic mass is 9.80. The van der Waals surface area contributed by atoms with Crippen molar-refractivity contribution in [3.63, 3.8) is 0 Å². The Morgan fingerprint density at radius 2 is 1.40 bits per heavy atom. The summed E-state index contributed by atoms with van der Waals surface area (Å²) < 4.78 is 33.7. The molecule has 3 aromatic carbocycles.